The van der Waals surface area contributed by atoms with Crippen molar-refractivity contribution in [3.05, 3.63) is 64.3 Å². The van der Waals surface area contributed by atoms with E-state index in [4.69, 9.17) is 16.3 Å². The molecule has 0 radical (unpaired) electrons. The molecule has 2 nitrogen and oxygen atoms in total. The van der Waals surface area contributed by atoms with Crippen LogP contribution in [-0.4, -0.2) is 11.7 Å². The van der Waals surface area contributed by atoms with Crippen molar-refractivity contribution in [2.75, 3.05) is 7.11 Å². The molecule has 3 aromatic rings. The van der Waals surface area contributed by atoms with Crippen molar-refractivity contribution < 1.29 is 4.74 Å². The molecule has 0 fully saturated rings. The van der Waals surface area contributed by atoms with Gasteiger partial charge in [0, 0.05) is 28.2 Å². The summed E-state index contributed by atoms with van der Waals surface area (Å²) in [6.45, 7) is 5.25. The van der Waals surface area contributed by atoms with E-state index in [2.05, 4.69) is 42.7 Å². The Balaban J connectivity index is 2.12. The quantitative estimate of drug-likeness (QED) is 0.644. The number of benzene rings is 2. The summed E-state index contributed by atoms with van der Waals surface area (Å²) in [5.41, 5.74) is 5.22. The molecular formula is C19H20ClNO. The van der Waals surface area contributed by atoms with E-state index in [1.54, 1.807) is 7.11 Å². The molecule has 0 saturated carbocycles. The molecule has 0 N–H and O–H groups in total. The molecular weight excluding hydrogens is 294 g/mol. The first kappa shape index (κ1) is 15.0. The minimum Gasteiger partial charge on any atom is -0.497 e. The fraction of sp³-hybridized carbons (Fsp3) is 0.263. The van der Waals surface area contributed by atoms with Crippen LogP contribution in [0, 0.1) is 6.92 Å². The van der Waals surface area contributed by atoms with Gasteiger partial charge >= 0.3 is 0 Å². The van der Waals surface area contributed by atoms with E-state index in [0.29, 0.717) is 0 Å². The van der Waals surface area contributed by atoms with Crippen LogP contribution in [0.5, 0.6) is 5.75 Å². The van der Waals surface area contributed by atoms with Crippen LogP contribution < -0.4 is 4.74 Å². The average molecular weight is 314 g/mol. The summed E-state index contributed by atoms with van der Waals surface area (Å²) >= 11 is 5.98. The zero-order valence-electron chi connectivity index (χ0n) is 13.2. The topological polar surface area (TPSA) is 14.2 Å². The van der Waals surface area contributed by atoms with Crippen LogP contribution in [0.15, 0.2) is 42.5 Å². The van der Waals surface area contributed by atoms with Crippen LogP contribution in [0.3, 0.4) is 0 Å². The summed E-state index contributed by atoms with van der Waals surface area (Å²) in [6, 6.07) is 14.4. The van der Waals surface area contributed by atoms with E-state index in [9.17, 15) is 0 Å². The van der Waals surface area contributed by atoms with E-state index in [1.807, 2.05) is 18.2 Å². The Morgan fingerprint density at radius 3 is 2.45 bits per heavy atom. The van der Waals surface area contributed by atoms with Gasteiger partial charge in [-0.15, -0.1) is 0 Å². The van der Waals surface area contributed by atoms with Gasteiger partial charge in [0.1, 0.15) is 5.75 Å². The zero-order valence-corrected chi connectivity index (χ0v) is 13.9. The normalized spacial score (nSPS) is 11.1. The first-order chi connectivity index (χ1) is 10.6. The number of fused-ring (bicyclic) bond motifs is 1. The van der Waals surface area contributed by atoms with Gasteiger partial charge in [-0.2, -0.15) is 0 Å². The largest absolute Gasteiger partial charge is 0.497 e. The lowest BCUT2D eigenvalue weighted by atomic mass is 10.1. The lowest BCUT2D eigenvalue weighted by Crippen LogP contribution is -2.02. The van der Waals surface area contributed by atoms with Crippen molar-refractivity contribution in [1.29, 1.82) is 0 Å². The molecule has 0 aliphatic rings. The van der Waals surface area contributed by atoms with Crippen molar-refractivity contribution in [2.45, 2.75) is 26.8 Å². The van der Waals surface area contributed by atoms with Crippen molar-refractivity contribution in [3.8, 4) is 5.75 Å². The monoisotopic (exact) mass is 313 g/mol. The number of ether oxygens (including phenoxy) is 1. The second kappa shape index (κ2) is 6.05. The number of halogens is 1. The second-order valence-electron chi connectivity index (χ2n) is 5.51. The number of hydrogen-bond donors (Lipinski definition) is 0. The summed E-state index contributed by atoms with van der Waals surface area (Å²) in [4.78, 5) is 0. The Morgan fingerprint density at radius 2 is 1.82 bits per heavy atom. The molecule has 1 heterocycles. The number of aryl methyl sites for hydroxylation is 1. The third-order valence-corrected chi connectivity index (χ3v) is 4.52. The third kappa shape index (κ3) is 2.59. The SMILES string of the molecule is CCc1c(C)n(Cc2ccc(Cl)cc2)c2ccc(OC)cc12. The van der Waals surface area contributed by atoms with Gasteiger partial charge in [-0.05, 0) is 54.8 Å². The van der Waals surface area contributed by atoms with E-state index in [-0.39, 0.29) is 0 Å². The standard InChI is InChI=1S/C19H20ClNO/c1-4-17-13(2)21(12-14-5-7-15(20)8-6-14)19-10-9-16(22-3)11-18(17)19/h5-11H,4,12H2,1-3H3. The minimum atomic E-state index is 0.775. The smallest absolute Gasteiger partial charge is 0.119 e. The summed E-state index contributed by atoms with van der Waals surface area (Å²) in [6.07, 6.45) is 1.02. The Hall–Kier alpha value is -1.93. The Kier molecular flexibility index (Phi) is 4.12. The summed E-state index contributed by atoms with van der Waals surface area (Å²) in [5.74, 6) is 0.908. The highest BCUT2D eigenvalue weighted by molar-refractivity contribution is 6.30. The van der Waals surface area contributed by atoms with Gasteiger partial charge in [0.2, 0.25) is 0 Å². The first-order valence-corrected chi connectivity index (χ1v) is 7.92. The summed E-state index contributed by atoms with van der Waals surface area (Å²) in [7, 11) is 1.71. The van der Waals surface area contributed by atoms with E-state index >= 15 is 0 Å². The van der Waals surface area contributed by atoms with Gasteiger partial charge < -0.3 is 9.30 Å². The molecule has 3 rings (SSSR count). The van der Waals surface area contributed by atoms with Gasteiger partial charge in [0.25, 0.3) is 0 Å². The average Bonchev–Trinajstić information content (AvgIpc) is 2.80. The van der Waals surface area contributed by atoms with E-state index in [1.165, 1.54) is 27.7 Å². The summed E-state index contributed by atoms with van der Waals surface area (Å²) in [5, 5.41) is 2.06. The maximum absolute atomic E-state index is 5.98. The van der Waals surface area contributed by atoms with Gasteiger partial charge in [-0.3, -0.25) is 0 Å². The minimum absolute atomic E-state index is 0.775. The number of rotatable bonds is 4. The van der Waals surface area contributed by atoms with Crippen molar-refractivity contribution >= 4 is 22.5 Å². The maximum atomic E-state index is 5.98. The predicted octanol–water partition coefficient (Wildman–Crippen LogP) is 5.22. The maximum Gasteiger partial charge on any atom is 0.119 e. The van der Waals surface area contributed by atoms with Gasteiger partial charge in [-0.25, -0.2) is 0 Å². The van der Waals surface area contributed by atoms with Crippen molar-refractivity contribution in [1.82, 2.24) is 4.57 Å². The van der Waals surface area contributed by atoms with Crippen molar-refractivity contribution in [3.63, 3.8) is 0 Å². The Labute approximate surface area is 136 Å². The molecule has 1 aromatic heterocycles. The molecule has 0 aliphatic carbocycles. The molecule has 0 atom stereocenters. The van der Waals surface area contributed by atoms with Gasteiger partial charge in [0.05, 0.1) is 7.11 Å². The summed E-state index contributed by atoms with van der Waals surface area (Å²) < 4.78 is 7.75. The van der Waals surface area contributed by atoms with Gasteiger partial charge in [-0.1, -0.05) is 30.7 Å². The Morgan fingerprint density at radius 1 is 1.09 bits per heavy atom. The number of aromatic nitrogens is 1. The predicted molar refractivity (Wildman–Crippen MR) is 93.2 cm³/mol. The third-order valence-electron chi connectivity index (χ3n) is 4.27. The van der Waals surface area contributed by atoms with Crippen LogP contribution >= 0.6 is 11.6 Å². The number of hydrogen-bond acceptors (Lipinski definition) is 1. The fourth-order valence-electron chi connectivity index (χ4n) is 3.08. The number of nitrogens with zero attached hydrogens (tertiary/aromatic N) is 1. The lowest BCUT2D eigenvalue weighted by Gasteiger charge is -2.09. The van der Waals surface area contributed by atoms with Crippen molar-refractivity contribution in [2.24, 2.45) is 0 Å². The molecule has 0 bridgehead atoms. The highest BCUT2D eigenvalue weighted by Crippen LogP contribution is 2.30. The number of methoxy groups -OCH3 is 1. The van der Waals surface area contributed by atoms with Gasteiger partial charge in [0.15, 0.2) is 0 Å². The zero-order chi connectivity index (χ0) is 15.7. The highest BCUT2D eigenvalue weighted by atomic mass is 35.5. The van der Waals surface area contributed by atoms with E-state index in [0.717, 1.165) is 23.7 Å². The second-order valence-corrected chi connectivity index (χ2v) is 5.95. The molecule has 114 valence electrons. The molecule has 0 unspecified atom stereocenters. The molecule has 0 spiro atoms. The van der Waals surface area contributed by atoms with E-state index < -0.39 is 0 Å². The first-order valence-electron chi connectivity index (χ1n) is 7.54. The van der Waals surface area contributed by atoms with Crippen LogP contribution in [0.1, 0.15) is 23.7 Å². The molecule has 2 aromatic carbocycles. The van der Waals surface area contributed by atoms with Crippen LogP contribution in [0.2, 0.25) is 5.02 Å². The molecule has 3 heteroatoms. The Bertz CT molecular complexity index is 802. The molecule has 22 heavy (non-hydrogen) atoms. The van der Waals surface area contributed by atoms with Crippen LogP contribution in [0.4, 0.5) is 0 Å². The molecule has 0 aliphatic heterocycles. The fourth-order valence-corrected chi connectivity index (χ4v) is 3.21. The van der Waals surface area contributed by atoms with Crippen LogP contribution in [-0.2, 0) is 13.0 Å². The molecule has 0 amide bonds. The highest BCUT2D eigenvalue weighted by Gasteiger charge is 2.13. The lowest BCUT2D eigenvalue weighted by molar-refractivity contribution is 0.415. The molecule has 0 saturated heterocycles. The van der Waals surface area contributed by atoms with Crippen LogP contribution in [0.25, 0.3) is 10.9 Å².